The van der Waals surface area contributed by atoms with Gasteiger partial charge in [-0.1, -0.05) is 12.1 Å². The minimum atomic E-state index is -4.80. The SMILES string of the molecule is CCOC(=O)CN(C(=O)C1CCN(S(=O)(=O)c2ccccc2C(F)(F)F)CC1)C(C)C. The van der Waals surface area contributed by atoms with Crippen LogP contribution in [0, 0.1) is 5.92 Å². The van der Waals surface area contributed by atoms with E-state index in [0.717, 1.165) is 22.5 Å². The lowest BCUT2D eigenvalue weighted by Crippen LogP contribution is -2.48. The molecular weight excluding hydrogens is 437 g/mol. The summed E-state index contributed by atoms with van der Waals surface area (Å²) in [5, 5.41) is 0. The number of hydrogen-bond donors (Lipinski definition) is 0. The van der Waals surface area contributed by atoms with Crippen molar-refractivity contribution in [2.45, 2.75) is 50.7 Å². The maximum Gasteiger partial charge on any atom is 0.417 e. The number of nitrogens with zero attached hydrogens (tertiary/aromatic N) is 2. The van der Waals surface area contributed by atoms with Crippen LogP contribution < -0.4 is 0 Å². The number of alkyl halides is 3. The van der Waals surface area contributed by atoms with E-state index in [0.29, 0.717) is 0 Å². The number of benzene rings is 1. The summed E-state index contributed by atoms with van der Waals surface area (Å²) in [4.78, 5) is 25.3. The second-order valence-electron chi connectivity index (χ2n) is 7.54. The molecule has 2 rings (SSSR count). The van der Waals surface area contributed by atoms with E-state index in [2.05, 4.69) is 0 Å². The Labute approximate surface area is 180 Å². The van der Waals surface area contributed by atoms with E-state index in [-0.39, 0.29) is 51.0 Å². The molecule has 1 heterocycles. The minimum absolute atomic E-state index is 0.0870. The van der Waals surface area contributed by atoms with Gasteiger partial charge in [-0.2, -0.15) is 17.5 Å². The van der Waals surface area contributed by atoms with Gasteiger partial charge in [0.15, 0.2) is 0 Å². The fourth-order valence-corrected chi connectivity index (χ4v) is 5.19. The van der Waals surface area contributed by atoms with Gasteiger partial charge in [-0.3, -0.25) is 9.59 Å². The average Bonchev–Trinajstić information content (AvgIpc) is 2.71. The van der Waals surface area contributed by atoms with Gasteiger partial charge < -0.3 is 9.64 Å². The highest BCUT2D eigenvalue weighted by Gasteiger charge is 2.40. The third kappa shape index (κ3) is 5.97. The summed E-state index contributed by atoms with van der Waals surface area (Å²) in [6.07, 6.45) is -4.50. The monoisotopic (exact) mass is 464 g/mol. The standard InChI is InChI=1S/C20H27F3N2O5S/c1-4-30-18(26)13-25(14(2)3)19(27)15-9-11-24(12-10-15)31(28,29)17-8-6-5-7-16(17)20(21,22)23/h5-8,14-15H,4,9-13H2,1-3H3. The first-order valence-corrected chi connectivity index (χ1v) is 11.5. The molecule has 1 aliphatic rings. The van der Waals surface area contributed by atoms with E-state index >= 15 is 0 Å². The van der Waals surface area contributed by atoms with E-state index in [1.807, 2.05) is 0 Å². The molecule has 0 saturated carbocycles. The molecule has 1 saturated heterocycles. The van der Waals surface area contributed by atoms with Crippen LogP contribution in [0.4, 0.5) is 13.2 Å². The number of ether oxygens (including phenoxy) is 1. The molecule has 1 aromatic carbocycles. The van der Waals surface area contributed by atoms with E-state index in [9.17, 15) is 31.2 Å². The van der Waals surface area contributed by atoms with Crippen LogP contribution in [0.15, 0.2) is 29.2 Å². The van der Waals surface area contributed by atoms with Crippen LogP contribution in [0.2, 0.25) is 0 Å². The van der Waals surface area contributed by atoms with Crippen molar-refractivity contribution >= 4 is 21.9 Å². The molecule has 0 aliphatic carbocycles. The third-order valence-electron chi connectivity index (χ3n) is 5.12. The number of sulfonamides is 1. The molecule has 0 radical (unpaired) electrons. The van der Waals surface area contributed by atoms with Crippen molar-refractivity contribution in [2.24, 2.45) is 5.92 Å². The van der Waals surface area contributed by atoms with Gasteiger partial charge in [0.05, 0.1) is 17.1 Å². The van der Waals surface area contributed by atoms with Crippen LogP contribution in [0.3, 0.4) is 0 Å². The highest BCUT2D eigenvalue weighted by molar-refractivity contribution is 7.89. The van der Waals surface area contributed by atoms with Crippen molar-refractivity contribution in [3.63, 3.8) is 0 Å². The first-order valence-electron chi connectivity index (χ1n) is 10.0. The molecule has 1 amide bonds. The van der Waals surface area contributed by atoms with Crippen LogP contribution >= 0.6 is 0 Å². The first kappa shape index (κ1) is 25.1. The van der Waals surface area contributed by atoms with Crippen LogP contribution in [0.1, 0.15) is 39.2 Å². The van der Waals surface area contributed by atoms with Crippen LogP contribution in [0.5, 0.6) is 0 Å². The van der Waals surface area contributed by atoms with Crippen molar-refractivity contribution in [3.8, 4) is 0 Å². The quantitative estimate of drug-likeness (QED) is 0.580. The molecule has 0 aromatic heterocycles. The molecule has 0 spiro atoms. The summed E-state index contributed by atoms with van der Waals surface area (Å²) < 4.78 is 71.4. The van der Waals surface area contributed by atoms with Gasteiger partial charge >= 0.3 is 12.1 Å². The zero-order valence-electron chi connectivity index (χ0n) is 17.7. The summed E-state index contributed by atoms with van der Waals surface area (Å²) in [5.74, 6) is -1.36. The van der Waals surface area contributed by atoms with Gasteiger partial charge in [0.1, 0.15) is 6.54 Å². The molecule has 0 bridgehead atoms. The third-order valence-corrected chi connectivity index (χ3v) is 7.08. The summed E-state index contributed by atoms with van der Waals surface area (Å²) in [5.41, 5.74) is -1.21. The summed E-state index contributed by atoms with van der Waals surface area (Å²) in [6, 6.07) is 3.79. The van der Waals surface area contributed by atoms with E-state index in [1.54, 1.807) is 20.8 Å². The van der Waals surface area contributed by atoms with Gasteiger partial charge in [0.25, 0.3) is 0 Å². The van der Waals surface area contributed by atoms with E-state index < -0.39 is 38.5 Å². The number of hydrogen-bond acceptors (Lipinski definition) is 5. The second kappa shape index (κ2) is 9.99. The Hall–Kier alpha value is -2.14. The molecule has 7 nitrogen and oxygen atoms in total. The fourth-order valence-electron chi connectivity index (χ4n) is 3.50. The Balaban J connectivity index is 2.13. The minimum Gasteiger partial charge on any atom is -0.465 e. The van der Waals surface area contributed by atoms with E-state index in [1.165, 1.54) is 11.0 Å². The molecule has 0 N–H and O–H groups in total. The molecule has 1 aliphatic heterocycles. The molecule has 0 atom stereocenters. The van der Waals surface area contributed by atoms with Crippen LogP contribution in [-0.2, 0) is 30.5 Å². The molecule has 174 valence electrons. The summed E-state index contributed by atoms with van der Waals surface area (Å²) in [6.45, 7) is 4.98. The molecule has 31 heavy (non-hydrogen) atoms. The van der Waals surface area contributed by atoms with Gasteiger partial charge in [-0.05, 0) is 45.7 Å². The zero-order chi connectivity index (χ0) is 23.4. The van der Waals surface area contributed by atoms with Crippen molar-refractivity contribution in [1.29, 1.82) is 0 Å². The Morgan fingerprint density at radius 3 is 2.29 bits per heavy atom. The zero-order valence-corrected chi connectivity index (χ0v) is 18.5. The summed E-state index contributed by atoms with van der Waals surface area (Å²) >= 11 is 0. The highest BCUT2D eigenvalue weighted by atomic mass is 32.2. The molecule has 1 fully saturated rings. The van der Waals surface area contributed by atoms with Gasteiger partial charge in [-0.15, -0.1) is 0 Å². The lowest BCUT2D eigenvalue weighted by molar-refractivity contribution is -0.152. The van der Waals surface area contributed by atoms with E-state index in [4.69, 9.17) is 4.74 Å². The Bertz CT molecular complexity index is 894. The number of carbonyl (C=O) groups excluding carboxylic acids is 2. The molecule has 0 unspecified atom stereocenters. The topological polar surface area (TPSA) is 84.0 Å². The first-order chi connectivity index (χ1) is 14.4. The Kier molecular flexibility index (Phi) is 8.09. The maximum atomic E-state index is 13.3. The lowest BCUT2D eigenvalue weighted by atomic mass is 9.96. The van der Waals surface area contributed by atoms with Crippen molar-refractivity contribution in [1.82, 2.24) is 9.21 Å². The van der Waals surface area contributed by atoms with Gasteiger partial charge in [0, 0.05) is 25.0 Å². The predicted molar refractivity (Wildman–Crippen MR) is 106 cm³/mol. The summed E-state index contributed by atoms with van der Waals surface area (Å²) in [7, 11) is -4.37. The van der Waals surface area contributed by atoms with Gasteiger partial charge in [-0.25, -0.2) is 8.42 Å². The van der Waals surface area contributed by atoms with Crippen LogP contribution in [-0.4, -0.2) is 61.8 Å². The molecule has 11 heteroatoms. The Morgan fingerprint density at radius 1 is 1.19 bits per heavy atom. The maximum absolute atomic E-state index is 13.3. The number of carbonyl (C=O) groups is 2. The van der Waals surface area contributed by atoms with Crippen molar-refractivity contribution in [3.05, 3.63) is 29.8 Å². The second-order valence-corrected chi connectivity index (χ2v) is 9.44. The molecule has 1 aromatic rings. The number of halogens is 3. The highest BCUT2D eigenvalue weighted by Crippen LogP contribution is 2.36. The van der Waals surface area contributed by atoms with Crippen LogP contribution in [0.25, 0.3) is 0 Å². The fraction of sp³-hybridized carbons (Fsp3) is 0.600. The Morgan fingerprint density at radius 2 is 1.77 bits per heavy atom. The van der Waals surface area contributed by atoms with Crippen molar-refractivity contribution in [2.75, 3.05) is 26.2 Å². The molecular formula is C20H27F3N2O5S. The number of amides is 1. The van der Waals surface area contributed by atoms with Crippen molar-refractivity contribution < 1.29 is 35.9 Å². The number of esters is 1. The van der Waals surface area contributed by atoms with Gasteiger partial charge in [0.2, 0.25) is 15.9 Å². The largest absolute Gasteiger partial charge is 0.465 e. The smallest absolute Gasteiger partial charge is 0.417 e. The number of rotatable bonds is 7. The number of piperidine rings is 1. The lowest BCUT2D eigenvalue weighted by Gasteiger charge is -2.35. The predicted octanol–water partition coefficient (Wildman–Crippen LogP) is 2.91. The average molecular weight is 465 g/mol. The normalized spacial score (nSPS) is 16.4.